The van der Waals surface area contributed by atoms with Crippen molar-refractivity contribution in [2.24, 2.45) is 0 Å². The second-order valence-electron chi connectivity index (χ2n) is 6.25. The van der Waals surface area contributed by atoms with Crippen molar-refractivity contribution in [3.05, 3.63) is 64.1 Å². The van der Waals surface area contributed by atoms with Crippen molar-refractivity contribution in [3.8, 4) is 0 Å². The lowest BCUT2D eigenvalue weighted by molar-refractivity contribution is 0.0398. The summed E-state index contributed by atoms with van der Waals surface area (Å²) in [5.74, 6) is 0. The van der Waals surface area contributed by atoms with Crippen LogP contribution >= 0.6 is 0 Å². The second kappa shape index (κ2) is 8.13. The minimum Gasteiger partial charge on any atom is -0.384 e. The first-order valence-corrected chi connectivity index (χ1v) is 8.51. The van der Waals surface area contributed by atoms with Crippen molar-refractivity contribution in [1.29, 1.82) is 0 Å². The molecule has 1 aromatic heterocycles. The van der Waals surface area contributed by atoms with Crippen molar-refractivity contribution in [1.82, 2.24) is 9.47 Å². The third kappa shape index (κ3) is 4.69. The molecule has 1 fully saturated rings. The maximum atomic E-state index is 11.9. The van der Waals surface area contributed by atoms with Gasteiger partial charge in [0.05, 0.1) is 19.8 Å². The van der Waals surface area contributed by atoms with Gasteiger partial charge in [-0.15, -0.1) is 0 Å². The van der Waals surface area contributed by atoms with E-state index in [9.17, 15) is 4.79 Å². The number of hydrogen-bond acceptors (Lipinski definition) is 4. The fraction of sp³-hybridized carbons (Fsp3) is 0.421. The molecule has 0 atom stereocenters. The molecule has 2 aromatic rings. The normalized spacial score (nSPS) is 15.4. The number of morpholine rings is 1. The molecular weight excluding hydrogens is 302 g/mol. The predicted octanol–water partition coefficient (Wildman–Crippen LogP) is 1.95. The maximum Gasteiger partial charge on any atom is 0.250 e. The Labute approximate surface area is 142 Å². The molecule has 1 saturated heterocycles. The third-order valence-electron chi connectivity index (χ3n) is 4.30. The molecule has 1 N–H and O–H groups in total. The van der Waals surface area contributed by atoms with E-state index in [0.29, 0.717) is 6.54 Å². The number of benzene rings is 1. The minimum atomic E-state index is 0.0355. The zero-order valence-electron chi connectivity index (χ0n) is 14.2. The van der Waals surface area contributed by atoms with Gasteiger partial charge in [0, 0.05) is 44.1 Å². The molecule has 0 aliphatic carbocycles. The highest BCUT2D eigenvalue weighted by atomic mass is 16.5. The van der Waals surface area contributed by atoms with Gasteiger partial charge in [-0.05, 0) is 30.2 Å². The summed E-state index contributed by atoms with van der Waals surface area (Å²) in [6.45, 7) is 8.28. The Morgan fingerprint density at radius 2 is 1.83 bits per heavy atom. The summed E-state index contributed by atoms with van der Waals surface area (Å²) in [7, 11) is 0. The molecule has 0 bridgehead atoms. The highest BCUT2D eigenvalue weighted by Crippen LogP contribution is 2.10. The Morgan fingerprint density at radius 1 is 1.08 bits per heavy atom. The molecule has 5 nitrogen and oxygen atoms in total. The van der Waals surface area contributed by atoms with Crippen LogP contribution in [0.1, 0.15) is 11.1 Å². The Balaban J connectivity index is 1.51. The Bertz CT molecular complexity index is 703. The Morgan fingerprint density at radius 3 is 2.58 bits per heavy atom. The van der Waals surface area contributed by atoms with E-state index in [2.05, 4.69) is 34.5 Å². The van der Waals surface area contributed by atoms with Crippen LogP contribution in [0, 0.1) is 6.92 Å². The number of nitrogens with one attached hydrogen (secondary N) is 1. The molecule has 1 aliphatic rings. The maximum absolute atomic E-state index is 11.9. The minimum absolute atomic E-state index is 0.0355. The lowest BCUT2D eigenvalue weighted by Gasteiger charge is -2.26. The first kappa shape index (κ1) is 16.7. The number of aromatic nitrogens is 1. The van der Waals surface area contributed by atoms with Crippen molar-refractivity contribution >= 4 is 5.69 Å². The molecule has 0 amide bonds. The zero-order chi connectivity index (χ0) is 16.8. The summed E-state index contributed by atoms with van der Waals surface area (Å²) in [6.07, 6.45) is 1.90. The van der Waals surface area contributed by atoms with Gasteiger partial charge in [-0.25, -0.2) is 0 Å². The molecule has 0 saturated carbocycles. The molecule has 3 rings (SSSR count). The third-order valence-corrected chi connectivity index (χ3v) is 4.30. The first-order valence-electron chi connectivity index (χ1n) is 8.51. The van der Waals surface area contributed by atoms with E-state index in [0.717, 1.165) is 56.2 Å². The molecular formula is C19H25N3O2. The van der Waals surface area contributed by atoms with Gasteiger partial charge < -0.3 is 14.6 Å². The van der Waals surface area contributed by atoms with Crippen LogP contribution in [0.2, 0.25) is 0 Å². The van der Waals surface area contributed by atoms with Crippen LogP contribution in [0.15, 0.2) is 47.4 Å². The molecule has 0 spiro atoms. The lowest BCUT2D eigenvalue weighted by atomic mass is 10.2. The first-order chi connectivity index (χ1) is 11.7. The van der Waals surface area contributed by atoms with E-state index in [1.807, 2.05) is 19.2 Å². The number of anilines is 1. The summed E-state index contributed by atoms with van der Waals surface area (Å²) < 4.78 is 7.10. The Hall–Kier alpha value is -2.11. The van der Waals surface area contributed by atoms with Gasteiger partial charge in [0.2, 0.25) is 0 Å². The summed E-state index contributed by atoms with van der Waals surface area (Å²) >= 11 is 0. The molecule has 1 aliphatic heterocycles. The average Bonchev–Trinajstić information content (AvgIpc) is 2.61. The monoisotopic (exact) mass is 327 g/mol. The number of aryl methyl sites for hydroxylation is 1. The van der Waals surface area contributed by atoms with Gasteiger partial charge in [-0.1, -0.05) is 18.2 Å². The number of ether oxygens (including phenoxy) is 1. The Kier molecular flexibility index (Phi) is 5.67. The standard InChI is InChI=1S/C19H25N3O2/c1-16-2-7-19(23)22(14-16)15-17-3-5-18(6-4-17)20-8-9-21-10-12-24-13-11-21/h2-7,14,20H,8-13,15H2,1H3. The van der Waals surface area contributed by atoms with Gasteiger partial charge in [-0.2, -0.15) is 0 Å². The second-order valence-corrected chi connectivity index (χ2v) is 6.25. The number of rotatable bonds is 6. The average molecular weight is 327 g/mol. The zero-order valence-corrected chi connectivity index (χ0v) is 14.2. The highest BCUT2D eigenvalue weighted by Gasteiger charge is 2.09. The van der Waals surface area contributed by atoms with Gasteiger partial charge in [0.15, 0.2) is 0 Å². The number of pyridine rings is 1. The highest BCUT2D eigenvalue weighted by molar-refractivity contribution is 5.44. The van der Waals surface area contributed by atoms with Gasteiger partial charge in [0.25, 0.3) is 5.56 Å². The van der Waals surface area contributed by atoms with Gasteiger partial charge in [-0.3, -0.25) is 9.69 Å². The van der Waals surface area contributed by atoms with E-state index >= 15 is 0 Å². The fourth-order valence-electron chi connectivity index (χ4n) is 2.88. The van der Waals surface area contributed by atoms with E-state index < -0.39 is 0 Å². The largest absolute Gasteiger partial charge is 0.384 e. The van der Waals surface area contributed by atoms with E-state index in [1.54, 1.807) is 10.6 Å². The van der Waals surface area contributed by atoms with Crippen LogP contribution in [0.5, 0.6) is 0 Å². The van der Waals surface area contributed by atoms with Crippen LogP contribution in [0.3, 0.4) is 0 Å². The van der Waals surface area contributed by atoms with Crippen molar-refractivity contribution in [3.63, 3.8) is 0 Å². The topological polar surface area (TPSA) is 46.5 Å². The van der Waals surface area contributed by atoms with Crippen LogP contribution in [0.25, 0.3) is 0 Å². The molecule has 0 radical (unpaired) electrons. The lowest BCUT2D eigenvalue weighted by Crippen LogP contribution is -2.38. The van der Waals surface area contributed by atoms with Crippen LogP contribution in [-0.2, 0) is 11.3 Å². The molecule has 128 valence electrons. The smallest absolute Gasteiger partial charge is 0.250 e. The summed E-state index contributed by atoms with van der Waals surface area (Å²) in [5.41, 5.74) is 3.37. The summed E-state index contributed by atoms with van der Waals surface area (Å²) in [5, 5.41) is 3.45. The van der Waals surface area contributed by atoms with Gasteiger partial charge >= 0.3 is 0 Å². The van der Waals surface area contributed by atoms with E-state index in [1.165, 1.54) is 0 Å². The van der Waals surface area contributed by atoms with E-state index in [4.69, 9.17) is 4.74 Å². The fourth-order valence-corrected chi connectivity index (χ4v) is 2.88. The quantitative estimate of drug-likeness (QED) is 0.881. The summed E-state index contributed by atoms with van der Waals surface area (Å²) in [4.78, 5) is 14.3. The molecule has 24 heavy (non-hydrogen) atoms. The summed E-state index contributed by atoms with van der Waals surface area (Å²) in [6, 6.07) is 11.8. The molecule has 1 aromatic carbocycles. The van der Waals surface area contributed by atoms with Crippen molar-refractivity contribution in [2.75, 3.05) is 44.7 Å². The van der Waals surface area contributed by atoms with Crippen LogP contribution in [0.4, 0.5) is 5.69 Å². The van der Waals surface area contributed by atoms with Crippen LogP contribution < -0.4 is 10.9 Å². The molecule has 0 unspecified atom stereocenters. The van der Waals surface area contributed by atoms with E-state index in [-0.39, 0.29) is 5.56 Å². The van der Waals surface area contributed by atoms with Crippen LogP contribution in [-0.4, -0.2) is 48.9 Å². The predicted molar refractivity (Wildman–Crippen MR) is 96.7 cm³/mol. The SMILES string of the molecule is Cc1ccc(=O)n(Cc2ccc(NCCN3CCOCC3)cc2)c1. The molecule has 5 heteroatoms. The number of hydrogen-bond donors (Lipinski definition) is 1. The van der Waals surface area contributed by atoms with Crippen molar-refractivity contribution < 1.29 is 4.74 Å². The molecule has 2 heterocycles. The van der Waals surface area contributed by atoms with Crippen molar-refractivity contribution in [2.45, 2.75) is 13.5 Å². The number of nitrogens with zero attached hydrogens (tertiary/aromatic N) is 2. The van der Waals surface area contributed by atoms with Gasteiger partial charge in [0.1, 0.15) is 0 Å².